The first-order valence-electron chi connectivity index (χ1n) is 12.0. The van der Waals surface area contributed by atoms with Crippen LogP contribution in [0, 0.1) is 5.82 Å². The van der Waals surface area contributed by atoms with Gasteiger partial charge in [-0.1, -0.05) is 48.5 Å². The number of benzene rings is 3. The fraction of sp³-hybridized carbons (Fsp3) is 0.179. The van der Waals surface area contributed by atoms with Gasteiger partial charge in [-0.05, 0) is 41.6 Å². The Bertz CT molecular complexity index is 1810. The predicted molar refractivity (Wildman–Crippen MR) is 144 cm³/mol. The number of hydrogen-bond acceptors (Lipinski definition) is 4. The highest BCUT2D eigenvalue weighted by atomic mass is 35.5. The van der Waals surface area contributed by atoms with E-state index in [2.05, 4.69) is 15.4 Å². The van der Waals surface area contributed by atoms with Crippen molar-refractivity contribution < 1.29 is 22.4 Å². The van der Waals surface area contributed by atoms with Crippen molar-refractivity contribution in [1.29, 1.82) is 0 Å². The molecule has 206 valence electrons. The van der Waals surface area contributed by atoms with E-state index in [-0.39, 0.29) is 18.1 Å². The Labute approximate surface area is 230 Å². The molecule has 0 spiro atoms. The minimum absolute atomic E-state index is 0. The molecule has 7 nitrogen and oxygen atoms in total. The number of rotatable bonds is 4. The molecule has 0 atom stereocenters. The number of aromatic amines is 1. The fourth-order valence-electron chi connectivity index (χ4n) is 5.27. The predicted octanol–water partition coefficient (Wildman–Crippen LogP) is 4.99. The molecule has 2 aromatic heterocycles. The highest BCUT2D eigenvalue weighted by Gasteiger charge is 2.47. The van der Waals surface area contributed by atoms with E-state index in [9.17, 15) is 27.2 Å². The van der Waals surface area contributed by atoms with E-state index < -0.39 is 45.8 Å². The van der Waals surface area contributed by atoms with Crippen molar-refractivity contribution in [3.63, 3.8) is 0 Å². The first-order chi connectivity index (χ1) is 18.5. The summed E-state index contributed by atoms with van der Waals surface area (Å²) < 4.78 is 57.1. The van der Waals surface area contributed by atoms with Gasteiger partial charge in [0.2, 0.25) is 0 Å². The van der Waals surface area contributed by atoms with Crippen LogP contribution in [-0.4, -0.2) is 45.5 Å². The Kier molecular flexibility index (Phi) is 6.67. The number of halogens is 5. The lowest BCUT2D eigenvalue weighted by Gasteiger charge is -2.49. The maximum atomic E-state index is 14.3. The lowest BCUT2D eigenvalue weighted by atomic mass is 9.82. The van der Waals surface area contributed by atoms with Gasteiger partial charge in [0.25, 0.3) is 11.5 Å². The molecule has 3 aromatic carbocycles. The summed E-state index contributed by atoms with van der Waals surface area (Å²) in [4.78, 5) is 30.7. The van der Waals surface area contributed by atoms with Crippen molar-refractivity contribution in [3.8, 4) is 11.3 Å². The Hall–Kier alpha value is -4.22. The van der Waals surface area contributed by atoms with Gasteiger partial charge in [-0.3, -0.25) is 9.59 Å². The summed E-state index contributed by atoms with van der Waals surface area (Å²) in [5, 5.41) is 8.47. The number of hydrogen-bond donors (Lipinski definition) is 2. The number of likely N-dealkylation sites (tertiary alicyclic amines) is 1. The van der Waals surface area contributed by atoms with Gasteiger partial charge >= 0.3 is 6.18 Å². The summed E-state index contributed by atoms with van der Waals surface area (Å²) in [6.45, 7) is 0.595. The van der Waals surface area contributed by atoms with Gasteiger partial charge in [0.15, 0.2) is 5.69 Å². The van der Waals surface area contributed by atoms with E-state index in [1.165, 1.54) is 30.5 Å². The molecule has 2 N–H and O–H groups in total. The first kappa shape index (κ1) is 27.4. The average molecular weight is 572 g/mol. The smallest absolute Gasteiger partial charge is 0.338 e. The van der Waals surface area contributed by atoms with Crippen molar-refractivity contribution >= 4 is 34.6 Å². The number of nitrogens with zero attached hydrogens (tertiary/aromatic N) is 3. The molecule has 1 aliphatic heterocycles. The van der Waals surface area contributed by atoms with E-state index in [0.29, 0.717) is 24.2 Å². The lowest BCUT2D eigenvalue weighted by Crippen LogP contribution is -2.66. The van der Waals surface area contributed by atoms with E-state index in [0.717, 1.165) is 15.3 Å². The molecule has 3 heterocycles. The molecular formula is C28H22ClF4N5O2. The number of aromatic nitrogens is 3. The molecule has 0 saturated carbocycles. The summed E-state index contributed by atoms with van der Waals surface area (Å²) in [5.41, 5.74) is -3.84. The fourth-order valence-corrected chi connectivity index (χ4v) is 5.27. The third-order valence-corrected chi connectivity index (χ3v) is 7.01. The number of carbonyl (C=O) groups excluding carboxylic acids is 1. The van der Waals surface area contributed by atoms with E-state index >= 15 is 0 Å². The normalized spacial score (nSPS) is 15.0. The molecule has 0 bridgehead atoms. The van der Waals surface area contributed by atoms with Gasteiger partial charge in [0.05, 0.1) is 17.4 Å². The molecule has 6 rings (SSSR count). The second kappa shape index (κ2) is 9.76. The van der Waals surface area contributed by atoms with Crippen LogP contribution in [0.4, 0.5) is 17.6 Å². The van der Waals surface area contributed by atoms with Gasteiger partial charge in [-0.2, -0.15) is 18.3 Å². The highest BCUT2D eigenvalue weighted by molar-refractivity contribution is 5.97. The molecule has 1 fully saturated rings. The molecule has 0 radical (unpaired) electrons. The zero-order chi connectivity index (χ0) is 27.5. The van der Waals surface area contributed by atoms with E-state index in [1.807, 2.05) is 35.2 Å². The number of alkyl halides is 3. The van der Waals surface area contributed by atoms with Gasteiger partial charge < -0.3 is 15.2 Å². The quantitative estimate of drug-likeness (QED) is 0.298. The van der Waals surface area contributed by atoms with Crippen LogP contribution in [-0.2, 0) is 11.7 Å². The van der Waals surface area contributed by atoms with Crippen molar-refractivity contribution in [1.82, 2.24) is 24.8 Å². The molecule has 1 amide bonds. The summed E-state index contributed by atoms with van der Waals surface area (Å²) >= 11 is 0. The Morgan fingerprint density at radius 2 is 1.70 bits per heavy atom. The van der Waals surface area contributed by atoms with Crippen molar-refractivity contribution in [2.45, 2.75) is 11.7 Å². The summed E-state index contributed by atoms with van der Waals surface area (Å²) in [6, 6.07) is 18.3. The third-order valence-electron chi connectivity index (χ3n) is 7.01. The SMILES string of the molecule is CN1CC(NC(=O)c2nn3cc(-c4ccc5ccccc5c4)[nH]c(=O)c3c2C(F)(F)F)(c2ccc(F)cc2)C1.Cl. The lowest BCUT2D eigenvalue weighted by molar-refractivity contribution is -0.136. The molecule has 40 heavy (non-hydrogen) atoms. The van der Waals surface area contributed by atoms with Crippen LogP contribution in [0.5, 0.6) is 0 Å². The first-order valence-corrected chi connectivity index (χ1v) is 12.0. The Morgan fingerprint density at radius 3 is 2.35 bits per heavy atom. The van der Waals surface area contributed by atoms with Gasteiger partial charge in [0.1, 0.15) is 16.9 Å². The van der Waals surface area contributed by atoms with Crippen LogP contribution in [0.15, 0.2) is 77.7 Å². The number of H-pyrrole nitrogens is 1. The number of fused-ring (bicyclic) bond motifs is 2. The maximum Gasteiger partial charge on any atom is 0.421 e. The minimum atomic E-state index is -5.04. The molecule has 1 aliphatic rings. The van der Waals surface area contributed by atoms with Crippen molar-refractivity contribution in [2.75, 3.05) is 20.1 Å². The standard InChI is InChI=1S/C28H21F4N5O2.ClH/c1-36-14-27(15-36,19-8-10-20(29)11-9-19)34-25(38)23-22(28(30,31)32)24-26(39)33-21(13-37(24)35-23)18-7-6-16-4-2-3-5-17(16)12-18;/h2-13H,14-15H2,1H3,(H,33,39)(H,34,38);1H. The van der Waals surface area contributed by atoms with E-state index in [4.69, 9.17) is 0 Å². The number of carbonyl (C=O) groups is 1. The van der Waals surface area contributed by atoms with Crippen molar-refractivity contribution in [3.05, 3.63) is 106 Å². The summed E-state index contributed by atoms with van der Waals surface area (Å²) in [7, 11) is 1.79. The largest absolute Gasteiger partial charge is 0.421 e. The van der Waals surface area contributed by atoms with Gasteiger partial charge in [-0.25, -0.2) is 8.91 Å². The number of likely N-dealkylation sites (N-methyl/N-ethyl adjacent to an activating group) is 1. The van der Waals surface area contributed by atoms with Crippen LogP contribution >= 0.6 is 12.4 Å². The molecule has 0 unspecified atom stereocenters. The van der Waals surface area contributed by atoms with Crippen LogP contribution < -0.4 is 10.9 Å². The third kappa shape index (κ3) is 4.61. The topological polar surface area (TPSA) is 82.5 Å². The highest BCUT2D eigenvalue weighted by Crippen LogP contribution is 2.36. The second-order valence-corrected chi connectivity index (χ2v) is 9.79. The molecule has 0 aliphatic carbocycles. The van der Waals surface area contributed by atoms with E-state index in [1.54, 1.807) is 19.2 Å². The Balaban J connectivity index is 0.00000323. The maximum absolute atomic E-state index is 14.3. The monoisotopic (exact) mass is 571 g/mol. The zero-order valence-corrected chi connectivity index (χ0v) is 21.7. The molecule has 5 aromatic rings. The van der Waals surface area contributed by atoms with Crippen LogP contribution in [0.3, 0.4) is 0 Å². The molecule has 1 saturated heterocycles. The number of amides is 1. The Morgan fingerprint density at radius 1 is 1.02 bits per heavy atom. The van der Waals surface area contributed by atoms with Gasteiger partial charge in [-0.15, -0.1) is 12.4 Å². The van der Waals surface area contributed by atoms with Crippen molar-refractivity contribution in [2.24, 2.45) is 0 Å². The van der Waals surface area contributed by atoms with Crippen LogP contribution in [0.1, 0.15) is 21.6 Å². The summed E-state index contributed by atoms with van der Waals surface area (Å²) in [5.74, 6) is -1.57. The molecule has 12 heteroatoms. The van der Waals surface area contributed by atoms with Gasteiger partial charge in [0, 0.05) is 18.7 Å². The van der Waals surface area contributed by atoms with Crippen LogP contribution in [0.2, 0.25) is 0 Å². The minimum Gasteiger partial charge on any atom is -0.338 e. The number of nitrogens with one attached hydrogen (secondary N) is 2. The average Bonchev–Trinajstić information content (AvgIpc) is 3.29. The second-order valence-electron chi connectivity index (χ2n) is 9.79. The van der Waals surface area contributed by atoms with Crippen LogP contribution in [0.25, 0.3) is 27.5 Å². The zero-order valence-electron chi connectivity index (χ0n) is 20.9. The molecular weight excluding hydrogens is 550 g/mol. The summed E-state index contributed by atoms with van der Waals surface area (Å²) in [6.07, 6.45) is -3.77.